The molecule has 0 saturated heterocycles. The van der Waals surface area contributed by atoms with Gasteiger partial charge in [-0.25, -0.2) is 4.98 Å². The molecule has 0 aromatic carbocycles. The molecule has 1 N–H and O–H groups in total. The summed E-state index contributed by atoms with van der Waals surface area (Å²) in [6, 6.07) is 0. The van der Waals surface area contributed by atoms with Crippen molar-refractivity contribution in [2.24, 2.45) is 5.92 Å². The average molecular weight is 153 g/mol. The molecule has 1 fully saturated rings. The average Bonchev–Trinajstić information content (AvgIpc) is 2.59. The molecule has 0 amide bonds. The first-order valence-electron chi connectivity index (χ1n) is 3.86. The van der Waals surface area contributed by atoms with E-state index in [1.54, 1.807) is 6.20 Å². The number of hydrogen-bond donors (Lipinski definition) is 1. The molecule has 0 unspecified atom stereocenters. The third kappa shape index (κ3) is 1.16. The van der Waals surface area contributed by atoms with Gasteiger partial charge in [0, 0.05) is 5.92 Å². The Bertz CT molecular complexity index is 256. The fourth-order valence-electron chi connectivity index (χ4n) is 1.23. The Kier molecular flexibility index (Phi) is 1.46. The van der Waals surface area contributed by atoms with Crippen LogP contribution < -0.4 is 0 Å². The van der Waals surface area contributed by atoms with Crippen LogP contribution in [0, 0.1) is 5.92 Å². The molecule has 1 aliphatic rings. The van der Waals surface area contributed by atoms with Crippen LogP contribution in [-0.2, 0) is 6.61 Å². The first-order chi connectivity index (χ1) is 5.31. The van der Waals surface area contributed by atoms with Crippen molar-refractivity contribution in [1.82, 2.24) is 4.98 Å². The van der Waals surface area contributed by atoms with Crippen molar-refractivity contribution in [3.05, 3.63) is 17.8 Å². The summed E-state index contributed by atoms with van der Waals surface area (Å²) in [5, 5.41) is 8.69. The van der Waals surface area contributed by atoms with E-state index < -0.39 is 0 Å². The van der Waals surface area contributed by atoms with E-state index >= 15 is 0 Å². The molecule has 0 radical (unpaired) electrons. The summed E-state index contributed by atoms with van der Waals surface area (Å²) in [6.07, 6.45) is 2.77. The van der Waals surface area contributed by atoms with Crippen LogP contribution in [0.5, 0.6) is 0 Å². The Morgan fingerprint density at radius 2 is 2.55 bits per heavy atom. The molecule has 1 aliphatic carbocycles. The Balaban J connectivity index is 2.13. The maximum absolute atomic E-state index is 8.69. The van der Waals surface area contributed by atoms with E-state index in [-0.39, 0.29) is 6.61 Å². The largest absolute Gasteiger partial charge is 0.443 e. The fraction of sp³-hybridized carbons (Fsp3) is 0.625. The van der Waals surface area contributed by atoms with E-state index in [4.69, 9.17) is 9.52 Å². The molecule has 0 spiro atoms. The van der Waals surface area contributed by atoms with Crippen molar-refractivity contribution in [3.8, 4) is 0 Å². The molecule has 3 nitrogen and oxygen atoms in total. The minimum atomic E-state index is -0.0475. The quantitative estimate of drug-likeness (QED) is 0.696. The lowest BCUT2D eigenvalue weighted by molar-refractivity contribution is 0.243. The van der Waals surface area contributed by atoms with Crippen LogP contribution in [0.3, 0.4) is 0 Å². The summed E-state index contributed by atoms with van der Waals surface area (Å²) in [4.78, 5) is 4.07. The van der Waals surface area contributed by atoms with E-state index in [2.05, 4.69) is 11.9 Å². The molecule has 60 valence electrons. The lowest BCUT2D eigenvalue weighted by Gasteiger charge is -1.87. The lowest BCUT2D eigenvalue weighted by Crippen LogP contribution is -1.78. The second kappa shape index (κ2) is 2.34. The van der Waals surface area contributed by atoms with Crippen molar-refractivity contribution >= 4 is 0 Å². The van der Waals surface area contributed by atoms with Crippen LogP contribution in [0.1, 0.15) is 30.9 Å². The number of hydrogen-bond acceptors (Lipinski definition) is 3. The van der Waals surface area contributed by atoms with E-state index in [1.165, 1.54) is 6.42 Å². The molecule has 0 bridgehead atoms. The van der Waals surface area contributed by atoms with Crippen LogP contribution in [-0.4, -0.2) is 10.1 Å². The van der Waals surface area contributed by atoms with Gasteiger partial charge in [-0.3, -0.25) is 0 Å². The number of aliphatic hydroxyl groups excluding tert-OH is 1. The summed E-state index contributed by atoms with van der Waals surface area (Å²) >= 11 is 0. The van der Waals surface area contributed by atoms with Gasteiger partial charge in [0.1, 0.15) is 12.4 Å². The van der Waals surface area contributed by atoms with Crippen LogP contribution in [0.4, 0.5) is 0 Å². The lowest BCUT2D eigenvalue weighted by atomic mass is 10.3. The Labute approximate surface area is 65.1 Å². The van der Waals surface area contributed by atoms with E-state index in [0.717, 1.165) is 5.89 Å². The molecule has 2 rings (SSSR count). The van der Waals surface area contributed by atoms with E-state index in [9.17, 15) is 0 Å². The van der Waals surface area contributed by atoms with Gasteiger partial charge < -0.3 is 9.52 Å². The fourth-order valence-corrected chi connectivity index (χ4v) is 1.23. The third-order valence-electron chi connectivity index (χ3n) is 2.15. The maximum atomic E-state index is 8.69. The predicted molar refractivity (Wildman–Crippen MR) is 38.9 cm³/mol. The van der Waals surface area contributed by atoms with Gasteiger partial charge in [0.15, 0.2) is 5.89 Å². The first kappa shape index (κ1) is 6.85. The highest BCUT2D eigenvalue weighted by atomic mass is 16.4. The van der Waals surface area contributed by atoms with Gasteiger partial charge in [0.05, 0.1) is 6.20 Å². The second-order valence-corrected chi connectivity index (χ2v) is 3.14. The molecular formula is C8H11NO2. The predicted octanol–water partition coefficient (Wildman–Crippen LogP) is 1.29. The highest BCUT2D eigenvalue weighted by Crippen LogP contribution is 2.46. The maximum Gasteiger partial charge on any atom is 0.197 e. The van der Waals surface area contributed by atoms with E-state index in [0.29, 0.717) is 17.6 Å². The van der Waals surface area contributed by atoms with Gasteiger partial charge in [-0.2, -0.15) is 0 Å². The molecule has 1 saturated carbocycles. The number of aliphatic hydroxyl groups is 1. The normalized spacial score (nSPS) is 28.9. The monoisotopic (exact) mass is 153 g/mol. The second-order valence-electron chi connectivity index (χ2n) is 3.14. The minimum absolute atomic E-state index is 0.0475. The zero-order valence-corrected chi connectivity index (χ0v) is 6.45. The SMILES string of the molecule is C[C@@H]1C[C@@H]1c1ncc(CO)o1. The third-order valence-corrected chi connectivity index (χ3v) is 2.15. The van der Waals surface area contributed by atoms with Gasteiger partial charge in [0.25, 0.3) is 0 Å². The summed E-state index contributed by atoms with van der Waals surface area (Å²) in [5.41, 5.74) is 0. The summed E-state index contributed by atoms with van der Waals surface area (Å²) in [7, 11) is 0. The smallest absolute Gasteiger partial charge is 0.197 e. The Morgan fingerprint density at radius 1 is 1.82 bits per heavy atom. The van der Waals surface area contributed by atoms with Crippen molar-refractivity contribution in [2.75, 3.05) is 0 Å². The van der Waals surface area contributed by atoms with Crippen LogP contribution in [0.2, 0.25) is 0 Å². The highest BCUT2D eigenvalue weighted by Gasteiger charge is 2.37. The summed E-state index contributed by atoms with van der Waals surface area (Å²) in [5.74, 6) is 2.58. The van der Waals surface area contributed by atoms with Gasteiger partial charge in [0.2, 0.25) is 0 Å². The first-order valence-corrected chi connectivity index (χ1v) is 3.86. The van der Waals surface area contributed by atoms with Crippen molar-refractivity contribution < 1.29 is 9.52 Å². The molecule has 2 atom stereocenters. The van der Waals surface area contributed by atoms with Crippen LogP contribution in [0.25, 0.3) is 0 Å². The van der Waals surface area contributed by atoms with Crippen LogP contribution in [0.15, 0.2) is 10.6 Å². The Morgan fingerprint density at radius 3 is 3.00 bits per heavy atom. The highest BCUT2D eigenvalue weighted by molar-refractivity contribution is 5.07. The van der Waals surface area contributed by atoms with Gasteiger partial charge in [-0.15, -0.1) is 0 Å². The molecule has 11 heavy (non-hydrogen) atoms. The van der Waals surface area contributed by atoms with Crippen molar-refractivity contribution in [1.29, 1.82) is 0 Å². The summed E-state index contributed by atoms with van der Waals surface area (Å²) in [6.45, 7) is 2.13. The van der Waals surface area contributed by atoms with Crippen LogP contribution >= 0.6 is 0 Å². The summed E-state index contributed by atoms with van der Waals surface area (Å²) < 4.78 is 5.27. The molecule has 0 aliphatic heterocycles. The molecule has 1 aromatic rings. The zero-order valence-electron chi connectivity index (χ0n) is 6.45. The topological polar surface area (TPSA) is 46.3 Å². The van der Waals surface area contributed by atoms with Crippen molar-refractivity contribution in [3.63, 3.8) is 0 Å². The standard InChI is InChI=1S/C8H11NO2/c1-5-2-7(5)8-9-3-6(4-10)11-8/h3,5,7,10H,2,4H2,1H3/t5-,7+/m1/s1. The molecular weight excluding hydrogens is 142 g/mol. The zero-order chi connectivity index (χ0) is 7.84. The number of oxazole rings is 1. The van der Waals surface area contributed by atoms with E-state index in [1.807, 2.05) is 0 Å². The van der Waals surface area contributed by atoms with Gasteiger partial charge >= 0.3 is 0 Å². The van der Waals surface area contributed by atoms with Gasteiger partial charge in [-0.05, 0) is 12.3 Å². The number of rotatable bonds is 2. The number of aromatic nitrogens is 1. The van der Waals surface area contributed by atoms with Crippen molar-refractivity contribution in [2.45, 2.75) is 25.9 Å². The number of nitrogens with zero attached hydrogens (tertiary/aromatic N) is 1. The minimum Gasteiger partial charge on any atom is -0.443 e. The molecule has 1 heterocycles. The van der Waals surface area contributed by atoms with Gasteiger partial charge in [-0.1, -0.05) is 6.92 Å². The molecule has 1 aromatic heterocycles. The molecule has 3 heteroatoms. The Hall–Kier alpha value is -0.830.